The Morgan fingerprint density at radius 1 is 0.971 bits per heavy atom. The molecule has 0 radical (unpaired) electrons. The number of carbonyl (C=O) groups excluding carboxylic acids is 2. The molecule has 4 rings (SSSR count). The van der Waals surface area contributed by atoms with Gasteiger partial charge in [0.05, 0.1) is 12.6 Å². The van der Waals surface area contributed by atoms with Crippen LogP contribution in [0.5, 0.6) is 5.75 Å². The maximum Gasteiger partial charge on any atom is 0.357 e. The number of aromatic nitrogens is 1. The van der Waals surface area contributed by atoms with Crippen LogP contribution in [0.2, 0.25) is 5.02 Å². The molecule has 8 heteroatoms. The first kappa shape index (κ1) is 24.0. The summed E-state index contributed by atoms with van der Waals surface area (Å²) in [6.45, 7) is 2.77. The fourth-order valence-electron chi connectivity index (χ4n) is 4.37. The quantitative estimate of drug-likeness (QED) is 0.373. The van der Waals surface area contributed by atoms with E-state index in [0.29, 0.717) is 32.9 Å². The molecule has 3 aromatic carbocycles. The number of esters is 1. The summed E-state index contributed by atoms with van der Waals surface area (Å²) in [5.74, 6) is -2.13. The summed E-state index contributed by atoms with van der Waals surface area (Å²) in [5.41, 5.74) is -0.736. The van der Waals surface area contributed by atoms with Crippen LogP contribution in [0.15, 0.2) is 72.8 Å². The van der Waals surface area contributed by atoms with Crippen molar-refractivity contribution in [3.05, 3.63) is 100 Å². The second kappa shape index (κ2) is 9.27. The van der Waals surface area contributed by atoms with Gasteiger partial charge in [-0.2, -0.15) is 0 Å². The molecule has 0 saturated heterocycles. The predicted octanol–water partition coefficient (Wildman–Crippen LogP) is 5.19. The van der Waals surface area contributed by atoms with E-state index in [1.807, 2.05) is 0 Å². The molecule has 4 aromatic rings. The van der Waals surface area contributed by atoms with Gasteiger partial charge in [-0.05, 0) is 49.4 Å². The minimum absolute atomic E-state index is 0.155. The average Bonchev–Trinajstić information content (AvgIpc) is 3.13. The molecule has 7 nitrogen and oxygen atoms in total. The van der Waals surface area contributed by atoms with E-state index in [2.05, 4.69) is 0 Å². The molecule has 0 fully saturated rings. The number of ether oxygens (including phenoxy) is 2. The van der Waals surface area contributed by atoms with Crippen LogP contribution in [0.4, 0.5) is 0 Å². The Morgan fingerprint density at radius 3 is 2.20 bits per heavy atom. The Kier molecular flexibility index (Phi) is 6.37. The second-order valence-electron chi connectivity index (χ2n) is 7.94. The highest BCUT2D eigenvalue weighted by molar-refractivity contribution is 6.30. The van der Waals surface area contributed by atoms with Gasteiger partial charge in [0.2, 0.25) is 0 Å². The molecule has 0 aliphatic rings. The van der Waals surface area contributed by atoms with Gasteiger partial charge < -0.3 is 14.6 Å². The Balaban J connectivity index is 2.13. The summed E-state index contributed by atoms with van der Waals surface area (Å²) in [7, 11) is 1.48. The van der Waals surface area contributed by atoms with Gasteiger partial charge in [-0.25, -0.2) is 4.79 Å². The molecule has 0 bridgehead atoms. The Morgan fingerprint density at radius 2 is 1.63 bits per heavy atom. The Labute approximate surface area is 206 Å². The van der Waals surface area contributed by atoms with Crippen LogP contribution in [0.1, 0.15) is 34.1 Å². The van der Waals surface area contributed by atoms with Gasteiger partial charge in [0, 0.05) is 39.7 Å². The lowest BCUT2D eigenvalue weighted by Gasteiger charge is -2.30. The van der Waals surface area contributed by atoms with Crippen molar-refractivity contribution in [1.82, 2.24) is 4.57 Å². The van der Waals surface area contributed by atoms with Gasteiger partial charge in [-0.3, -0.25) is 14.2 Å². The summed E-state index contributed by atoms with van der Waals surface area (Å²) in [6.07, 6.45) is 0. The summed E-state index contributed by atoms with van der Waals surface area (Å²) in [4.78, 5) is 38.9. The highest BCUT2D eigenvalue weighted by Crippen LogP contribution is 2.43. The third-order valence-corrected chi connectivity index (χ3v) is 6.09. The van der Waals surface area contributed by atoms with Crippen molar-refractivity contribution in [2.24, 2.45) is 0 Å². The first-order valence-corrected chi connectivity index (χ1v) is 11.1. The van der Waals surface area contributed by atoms with E-state index in [4.69, 9.17) is 21.1 Å². The number of fused-ring (bicyclic) bond motifs is 1. The number of halogens is 1. The number of aliphatic carboxylic acids is 1. The zero-order valence-electron chi connectivity index (χ0n) is 19.2. The smallest absolute Gasteiger partial charge is 0.357 e. The number of rotatable bonds is 6. The van der Waals surface area contributed by atoms with Crippen molar-refractivity contribution in [2.45, 2.75) is 19.4 Å². The number of benzene rings is 3. The zero-order valence-corrected chi connectivity index (χ0v) is 20.0. The standard InChI is InChI=1S/C27H22ClNO6/c1-16-24(27(26(32)33,35-17(2)30)19-7-5-4-6-8-19)22-15-21(34-3)13-14-23(22)29(16)25(31)18-9-11-20(28)12-10-18/h4-15H,1-3H3,(H,32,33). The Bertz CT molecular complexity index is 1440. The van der Waals surface area contributed by atoms with Crippen LogP contribution < -0.4 is 4.74 Å². The second-order valence-corrected chi connectivity index (χ2v) is 8.37. The van der Waals surface area contributed by atoms with E-state index >= 15 is 0 Å². The highest BCUT2D eigenvalue weighted by atomic mass is 35.5. The van der Waals surface area contributed by atoms with Gasteiger partial charge >= 0.3 is 11.9 Å². The van der Waals surface area contributed by atoms with E-state index in [9.17, 15) is 19.5 Å². The number of carboxylic acids is 1. The number of nitrogens with zero attached hydrogens (tertiary/aromatic N) is 1. The molecule has 0 spiro atoms. The van der Waals surface area contributed by atoms with Crippen molar-refractivity contribution in [2.75, 3.05) is 7.11 Å². The molecule has 1 heterocycles. The van der Waals surface area contributed by atoms with Crippen LogP contribution >= 0.6 is 11.6 Å². The molecule has 35 heavy (non-hydrogen) atoms. The average molecular weight is 492 g/mol. The minimum atomic E-state index is -2.21. The van der Waals surface area contributed by atoms with Gasteiger partial charge in [0.1, 0.15) is 5.75 Å². The fraction of sp³-hybridized carbons (Fsp3) is 0.148. The fourth-order valence-corrected chi connectivity index (χ4v) is 4.50. The molecule has 0 amide bonds. The largest absolute Gasteiger partial charge is 0.497 e. The Hall–Kier alpha value is -4.10. The molecule has 1 N–H and O–H groups in total. The molecule has 1 atom stereocenters. The molecule has 178 valence electrons. The van der Waals surface area contributed by atoms with E-state index < -0.39 is 23.4 Å². The van der Waals surface area contributed by atoms with Crippen molar-refractivity contribution in [3.63, 3.8) is 0 Å². The summed E-state index contributed by atoms with van der Waals surface area (Å²) < 4.78 is 12.4. The summed E-state index contributed by atoms with van der Waals surface area (Å²) in [5, 5.41) is 11.4. The van der Waals surface area contributed by atoms with E-state index in [0.717, 1.165) is 6.92 Å². The van der Waals surface area contributed by atoms with Crippen LogP contribution in [0.3, 0.4) is 0 Å². The topological polar surface area (TPSA) is 94.8 Å². The molecule has 0 saturated carbocycles. The number of hydrogen-bond donors (Lipinski definition) is 1. The molecule has 0 aliphatic heterocycles. The van der Waals surface area contributed by atoms with E-state index in [1.54, 1.807) is 79.7 Å². The van der Waals surface area contributed by atoms with Gasteiger partial charge in [0.25, 0.3) is 11.5 Å². The maximum absolute atomic E-state index is 13.6. The van der Waals surface area contributed by atoms with Crippen LogP contribution in [0.25, 0.3) is 10.9 Å². The van der Waals surface area contributed by atoms with Crippen LogP contribution in [-0.4, -0.2) is 34.6 Å². The molecule has 1 aromatic heterocycles. The number of hydrogen-bond acceptors (Lipinski definition) is 5. The van der Waals surface area contributed by atoms with Crippen molar-refractivity contribution in [1.29, 1.82) is 0 Å². The first-order valence-electron chi connectivity index (χ1n) is 10.7. The highest BCUT2D eigenvalue weighted by Gasteiger charge is 2.49. The van der Waals surface area contributed by atoms with Crippen LogP contribution in [0, 0.1) is 6.92 Å². The normalized spacial score (nSPS) is 12.7. The first-order chi connectivity index (χ1) is 16.7. The van der Waals surface area contributed by atoms with Crippen LogP contribution in [-0.2, 0) is 19.9 Å². The lowest BCUT2D eigenvalue weighted by Crippen LogP contribution is -2.42. The van der Waals surface area contributed by atoms with Crippen molar-refractivity contribution in [3.8, 4) is 5.75 Å². The van der Waals surface area contributed by atoms with Gasteiger partial charge in [0.15, 0.2) is 0 Å². The van der Waals surface area contributed by atoms with Crippen molar-refractivity contribution >= 4 is 40.3 Å². The molecular weight excluding hydrogens is 470 g/mol. The molecular formula is C27H22ClNO6. The number of carboxylic acid groups (broad SMARTS) is 1. The van der Waals surface area contributed by atoms with Gasteiger partial charge in [-0.15, -0.1) is 0 Å². The molecule has 0 aliphatic carbocycles. The number of carbonyl (C=O) groups is 3. The maximum atomic E-state index is 13.6. The minimum Gasteiger partial charge on any atom is -0.497 e. The SMILES string of the molecule is COc1ccc2c(c1)c(C(OC(C)=O)(C(=O)O)c1ccccc1)c(C)n2C(=O)c1ccc(Cl)cc1. The van der Waals surface area contributed by atoms with Gasteiger partial charge in [-0.1, -0.05) is 41.9 Å². The lowest BCUT2D eigenvalue weighted by atomic mass is 9.84. The number of methoxy groups -OCH3 is 1. The van der Waals surface area contributed by atoms with Crippen molar-refractivity contribution < 1.29 is 29.0 Å². The predicted molar refractivity (Wildman–Crippen MR) is 131 cm³/mol. The zero-order chi connectivity index (χ0) is 25.3. The van der Waals surface area contributed by atoms with E-state index in [-0.39, 0.29) is 11.1 Å². The lowest BCUT2D eigenvalue weighted by molar-refractivity contribution is -0.173. The van der Waals surface area contributed by atoms with E-state index in [1.165, 1.54) is 11.7 Å². The summed E-state index contributed by atoms with van der Waals surface area (Å²) in [6, 6.07) is 19.5. The molecule has 1 unspecified atom stereocenters. The monoisotopic (exact) mass is 491 g/mol. The summed E-state index contributed by atoms with van der Waals surface area (Å²) >= 11 is 5.99. The third-order valence-electron chi connectivity index (χ3n) is 5.84. The third kappa shape index (κ3) is 4.04.